The zero-order chi connectivity index (χ0) is 8.85. The van der Waals surface area contributed by atoms with Gasteiger partial charge in [-0.25, -0.2) is 0 Å². The Kier molecular flexibility index (Phi) is 3.72. The lowest BCUT2D eigenvalue weighted by Gasteiger charge is -2.01. The number of primary amides is 1. The SMILES string of the molecule is CN=CC(C(N)=O)=C(N)OC. The van der Waals surface area contributed by atoms with E-state index in [0.29, 0.717) is 0 Å². The first-order valence-corrected chi connectivity index (χ1v) is 2.89. The zero-order valence-corrected chi connectivity index (χ0v) is 6.50. The average Bonchev–Trinajstić information content (AvgIpc) is 1.98. The van der Waals surface area contributed by atoms with E-state index in [1.807, 2.05) is 0 Å². The number of carbonyl (C=O) groups excluding carboxylic acids is 1. The normalized spacial score (nSPS) is 12.9. The molecule has 0 rings (SSSR count). The summed E-state index contributed by atoms with van der Waals surface area (Å²) in [5.74, 6) is -0.682. The van der Waals surface area contributed by atoms with Gasteiger partial charge in [0.15, 0.2) is 5.88 Å². The van der Waals surface area contributed by atoms with Gasteiger partial charge in [0.05, 0.1) is 7.11 Å². The van der Waals surface area contributed by atoms with E-state index in [1.165, 1.54) is 20.4 Å². The number of carbonyl (C=O) groups is 1. The van der Waals surface area contributed by atoms with E-state index in [1.54, 1.807) is 0 Å². The smallest absolute Gasteiger partial charge is 0.255 e. The molecule has 0 saturated heterocycles. The molecule has 0 aromatic rings. The van der Waals surface area contributed by atoms with Crippen molar-refractivity contribution in [1.29, 1.82) is 0 Å². The van der Waals surface area contributed by atoms with Crippen molar-refractivity contribution in [3.63, 3.8) is 0 Å². The number of hydrogen-bond donors (Lipinski definition) is 2. The number of aliphatic imine (C=N–C) groups is 1. The van der Waals surface area contributed by atoms with E-state index < -0.39 is 5.91 Å². The van der Waals surface area contributed by atoms with Gasteiger partial charge < -0.3 is 16.2 Å². The van der Waals surface area contributed by atoms with Gasteiger partial charge in [0.25, 0.3) is 5.91 Å². The van der Waals surface area contributed by atoms with Crippen molar-refractivity contribution in [2.45, 2.75) is 0 Å². The third kappa shape index (κ3) is 2.70. The van der Waals surface area contributed by atoms with Crippen LogP contribution >= 0.6 is 0 Å². The van der Waals surface area contributed by atoms with Crippen LogP contribution in [0.2, 0.25) is 0 Å². The van der Waals surface area contributed by atoms with E-state index in [9.17, 15) is 4.79 Å². The van der Waals surface area contributed by atoms with Crippen LogP contribution in [0.3, 0.4) is 0 Å². The summed E-state index contributed by atoms with van der Waals surface area (Å²) in [6.07, 6.45) is 1.25. The van der Waals surface area contributed by atoms with Crippen molar-refractivity contribution in [1.82, 2.24) is 0 Å². The highest BCUT2D eigenvalue weighted by Gasteiger charge is 2.06. The molecular formula is C6H11N3O2. The van der Waals surface area contributed by atoms with Crippen LogP contribution in [0.1, 0.15) is 0 Å². The van der Waals surface area contributed by atoms with Crippen molar-refractivity contribution in [3.05, 3.63) is 11.5 Å². The summed E-state index contributed by atoms with van der Waals surface area (Å²) in [5.41, 5.74) is 10.3. The highest BCUT2D eigenvalue weighted by molar-refractivity contribution is 6.11. The Balaban J connectivity index is 4.72. The first kappa shape index (κ1) is 9.48. The Morgan fingerprint density at radius 2 is 2.09 bits per heavy atom. The number of hydrogen-bond acceptors (Lipinski definition) is 4. The fraction of sp³-hybridized carbons (Fsp3) is 0.333. The molecule has 62 valence electrons. The Morgan fingerprint density at radius 1 is 1.55 bits per heavy atom. The summed E-state index contributed by atoms with van der Waals surface area (Å²) in [5, 5.41) is 0. The molecule has 0 saturated carbocycles. The van der Waals surface area contributed by atoms with Crippen LogP contribution in [-0.4, -0.2) is 26.3 Å². The molecule has 0 atom stereocenters. The Bertz CT molecular complexity index is 208. The lowest BCUT2D eigenvalue weighted by molar-refractivity contribution is -0.114. The van der Waals surface area contributed by atoms with Crippen molar-refractivity contribution >= 4 is 12.1 Å². The maximum Gasteiger partial charge on any atom is 0.255 e. The van der Waals surface area contributed by atoms with Gasteiger partial charge in [-0.3, -0.25) is 9.79 Å². The quantitative estimate of drug-likeness (QED) is 0.312. The fourth-order valence-electron chi connectivity index (χ4n) is 0.488. The molecule has 5 heteroatoms. The van der Waals surface area contributed by atoms with Crippen LogP contribution in [0.25, 0.3) is 0 Å². The number of ether oxygens (including phenoxy) is 1. The Hall–Kier alpha value is -1.52. The minimum Gasteiger partial charge on any atom is -0.482 e. The topological polar surface area (TPSA) is 90.7 Å². The zero-order valence-electron chi connectivity index (χ0n) is 6.50. The Labute approximate surface area is 64.7 Å². The Morgan fingerprint density at radius 3 is 2.36 bits per heavy atom. The van der Waals surface area contributed by atoms with Crippen LogP contribution in [0.4, 0.5) is 0 Å². The van der Waals surface area contributed by atoms with E-state index in [2.05, 4.69) is 9.73 Å². The third-order valence-corrected chi connectivity index (χ3v) is 1.01. The maximum absolute atomic E-state index is 10.6. The van der Waals surface area contributed by atoms with E-state index in [4.69, 9.17) is 11.5 Å². The maximum atomic E-state index is 10.6. The van der Waals surface area contributed by atoms with Crippen LogP contribution in [0.5, 0.6) is 0 Å². The van der Waals surface area contributed by atoms with Crippen molar-refractivity contribution in [3.8, 4) is 0 Å². The van der Waals surface area contributed by atoms with Gasteiger partial charge in [-0.1, -0.05) is 0 Å². The highest BCUT2D eigenvalue weighted by Crippen LogP contribution is 1.94. The van der Waals surface area contributed by atoms with Crippen LogP contribution in [0.15, 0.2) is 16.4 Å². The van der Waals surface area contributed by atoms with Gasteiger partial charge in [-0.05, 0) is 0 Å². The standard InChI is InChI=1S/C6H11N3O2/c1-9-3-4(5(7)10)6(8)11-2/h3H,8H2,1-2H3,(H2,7,10). The number of rotatable bonds is 3. The van der Waals surface area contributed by atoms with Crippen molar-refractivity contribution in [2.24, 2.45) is 16.5 Å². The molecule has 5 nitrogen and oxygen atoms in total. The molecule has 0 heterocycles. The number of nitrogens with zero attached hydrogens (tertiary/aromatic N) is 1. The molecule has 0 fully saturated rings. The number of nitrogens with two attached hydrogens (primary N) is 2. The van der Waals surface area contributed by atoms with Gasteiger partial charge in [0, 0.05) is 13.3 Å². The molecule has 11 heavy (non-hydrogen) atoms. The predicted octanol–water partition coefficient (Wildman–Crippen LogP) is -1.01. The van der Waals surface area contributed by atoms with Gasteiger partial charge >= 0.3 is 0 Å². The molecule has 0 aliphatic carbocycles. The lowest BCUT2D eigenvalue weighted by atomic mass is 10.3. The second-order valence-electron chi connectivity index (χ2n) is 1.73. The van der Waals surface area contributed by atoms with Gasteiger partial charge in [0.2, 0.25) is 0 Å². The van der Waals surface area contributed by atoms with E-state index >= 15 is 0 Å². The largest absolute Gasteiger partial charge is 0.482 e. The first-order chi connectivity index (χ1) is 5.13. The molecular weight excluding hydrogens is 146 g/mol. The third-order valence-electron chi connectivity index (χ3n) is 1.01. The van der Waals surface area contributed by atoms with Crippen LogP contribution in [-0.2, 0) is 9.53 Å². The molecule has 0 aromatic carbocycles. The molecule has 0 bridgehead atoms. The molecule has 0 radical (unpaired) electrons. The summed E-state index contributed by atoms with van der Waals surface area (Å²) >= 11 is 0. The average molecular weight is 157 g/mol. The van der Waals surface area contributed by atoms with Gasteiger partial charge in [0.1, 0.15) is 5.57 Å². The second-order valence-corrected chi connectivity index (χ2v) is 1.73. The summed E-state index contributed by atoms with van der Waals surface area (Å²) in [7, 11) is 2.85. The van der Waals surface area contributed by atoms with Crippen molar-refractivity contribution in [2.75, 3.05) is 14.2 Å². The van der Waals surface area contributed by atoms with Gasteiger partial charge in [-0.15, -0.1) is 0 Å². The van der Waals surface area contributed by atoms with Gasteiger partial charge in [-0.2, -0.15) is 0 Å². The number of methoxy groups -OCH3 is 1. The number of amides is 1. The second kappa shape index (κ2) is 4.32. The molecule has 0 spiro atoms. The summed E-state index contributed by atoms with van der Waals surface area (Å²) in [4.78, 5) is 14.2. The molecule has 0 unspecified atom stereocenters. The lowest BCUT2D eigenvalue weighted by Crippen LogP contribution is -2.20. The van der Waals surface area contributed by atoms with E-state index in [-0.39, 0.29) is 11.5 Å². The van der Waals surface area contributed by atoms with E-state index in [0.717, 1.165) is 0 Å². The monoisotopic (exact) mass is 157 g/mol. The molecule has 1 amide bonds. The first-order valence-electron chi connectivity index (χ1n) is 2.89. The molecule has 0 aliphatic heterocycles. The summed E-state index contributed by atoms with van der Waals surface area (Å²) in [6, 6.07) is 0. The highest BCUT2D eigenvalue weighted by atomic mass is 16.5. The predicted molar refractivity (Wildman–Crippen MR) is 41.8 cm³/mol. The molecule has 0 aromatic heterocycles. The van der Waals surface area contributed by atoms with Crippen LogP contribution in [0, 0.1) is 0 Å². The fourth-order valence-corrected chi connectivity index (χ4v) is 0.488. The van der Waals surface area contributed by atoms with Crippen LogP contribution < -0.4 is 11.5 Å². The summed E-state index contributed by atoms with van der Waals surface area (Å²) < 4.78 is 4.59. The summed E-state index contributed by atoms with van der Waals surface area (Å²) in [6.45, 7) is 0. The molecule has 4 N–H and O–H groups in total. The minimum absolute atomic E-state index is 0.0249. The molecule has 0 aliphatic rings. The minimum atomic E-state index is -0.657. The van der Waals surface area contributed by atoms with Crippen molar-refractivity contribution < 1.29 is 9.53 Å².